The monoisotopic (exact) mass is 426 g/mol. The Morgan fingerprint density at radius 3 is 2.43 bits per heavy atom. The highest BCUT2D eigenvalue weighted by Gasteiger charge is 2.38. The average Bonchev–Trinajstić information content (AvgIpc) is 3.34. The number of benzene rings is 1. The quantitative estimate of drug-likeness (QED) is 0.644. The first-order chi connectivity index (χ1) is 14.2. The second-order valence-corrected chi connectivity index (χ2v) is 6.55. The lowest BCUT2D eigenvalue weighted by Crippen LogP contribution is -2.34. The van der Waals surface area contributed by atoms with Crippen LogP contribution in [0.4, 0.5) is 17.6 Å². The topological polar surface area (TPSA) is 89.1 Å². The Labute approximate surface area is 168 Å². The van der Waals surface area contributed by atoms with Crippen molar-refractivity contribution in [3.63, 3.8) is 0 Å². The van der Waals surface area contributed by atoms with Crippen molar-refractivity contribution in [2.75, 3.05) is 6.54 Å². The summed E-state index contributed by atoms with van der Waals surface area (Å²) in [6.45, 7) is 4.15. The third kappa shape index (κ3) is 5.63. The van der Waals surface area contributed by atoms with Crippen molar-refractivity contribution >= 4 is 5.97 Å². The number of alkyl halides is 3. The molecule has 0 fully saturated rings. The third-order valence-corrected chi connectivity index (χ3v) is 4.38. The Morgan fingerprint density at radius 2 is 1.83 bits per heavy atom. The zero-order valence-corrected chi connectivity index (χ0v) is 15.6. The summed E-state index contributed by atoms with van der Waals surface area (Å²) in [5, 5.41) is 11.3. The van der Waals surface area contributed by atoms with Gasteiger partial charge in [0, 0.05) is 19.6 Å². The smallest absolute Gasteiger partial charge is 0.475 e. The predicted molar refractivity (Wildman–Crippen MR) is 95.6 cm³/mol. The molecule has 1 N–H and O–H groups in total. The molecule has 0 saturated carbocycles. The molecule has 4 rings (SSSR count). The van der Waals surface area contributed by atoms with Gasteiger partial charge in [0.25, 0.3) is 0 Å². The van der Waals surface area contributed by atoms with E-state index in [0.29, 0.717) is 6.54 Å². The Bertz CT molecular complexity index is 970. The van der Waals surface area contributed by atoms with Crippen LogP contribution in [0.2, 0.25) is 0 Å². The first-order valence-electron chi connectivity index (χ1n) is 8.85. The van der Waals surface area contributed by atoms with Crippen molar-refractivity contribution in [1.82, 2.24) is 29.2 Å². The summed E-state index contributed by atoms with van der Waals surface area (Å²) in [6, 6.07) is 6.70. The minimum atomic E-state index is -5.08. The molecule has 30 heavy (non-hydrogen) atoms. The molecule has 1 aromatic carbocycles. The number of imidazole rings is 1. The molecule has 0 spiro atoms. The fourth-order valence-electron chi connectivity index (χ4n) is 2.96. The average molecular weight is 426 g/mol. The first-order valence-corrected chi connectivity index (χ1v) is 8.85. The third-order valence-electron chi connectivity index (χ3n) is 4.38. The number of fused-ring (bicyclic) bond motifs is 1. The molecule has 0 saturated heterocycles. The van der Waals surface area contributed by atoms with Gasteiger partial charge in [-0.1, -0.05) is 12.1 Å². The largest absolute Gasteiger partial charge is 0.490 e. The van der Waals surface area contributed by atoms with Gasteiger partial charge in [-0.05, 0) is 17.7 Å². The van der Waals surface area contributed by atoms with Crippen LogP contribution in [0.25, 0.3) is 0 Å². The van der Waals surface area contributed by atoms with Crippen LogP contribution in [-0.2, 0) is 31.0 Å². The Hall–Kier alpha value is -3.28. The van der Waals surface area contributed by atoms with Crippen molar-refractivity contribution in [2.45, 2.75) is 32.4 Å². The Morgan fingerprint density at radius 1 is 1.13 bits per heavy atom. The molecule has 0 bridgehead atoms. The van der Waals surface area contributed by atoms with E-state index < -0.39 is 12.1 Å². The molecule has 0 aliphatic carbocycles. The van der Waals surface area contributed by atoms with Gasteiger partial charge in [-0.15, -0.1) is 0 Å². The molecular formula is C18H18F4N6O2. The summed E-state index contributed by atoms with van der Waals surface area (Å²) in [7, 11) is 0. The SMILES string of the molecule is Fc1ccc(CN2CCn3c(Cn4cncn4)cnc3C2)cc1.O=C(O)C(F)(F)F. The summed E-state index contributed by atoms with van der Waals surface area (Å²) in [6.07, 6.45) is 0.0833. The normalized spacial score (nSPS) is 14.0. The number of hydrogen-bond donors (Lipinski definition) is 1. The Kier molecular flexibility index (Phi) is 6.45. The number of carbonyl (C=O) groups is 1. The number of nitrogens with zero attached hydrogens (tertiary/aromatic N) is 6. The molecule has 3 aromatic rings. The van der Waals surface area contributed by atoms with Gasteiger partial charge in [0.05, 0.1) is 25.0 Å². The van der Waals surface area contributed by atoms with Crippen LogP contribution in [0.5, 0.6) is 0 Å². The summed E-state index contributed by atoms with van der Waals surface area (Å²) in [4.78, 5) is 19.7. The molecule has 0 radical (unpaired) electrons. The van der Waals surface area contributed by atoms with E-state index in [9.17, 15) is 17.6 Å². The highest BCUT2D eigenvalue weighted by molar-refractivity contribution is 5.73. The van der Waals surface area contributed by atoms with E-state index in [-0.39, 0.29) is 5.82 Å². The van der Waals surface area contributed by atoms with Gasteiger partial charge in [-0.2, -0.15) is 18.3 Å². The zero-order valence-electron chi connectivity index (χ0n) is 15.6. The van der Waals surface area contributed by atoms with Crippen LogP contribution in [-0.4, -0.2) is 53.0 Å². The van der Waals surface area contributed by atoms with E-state index in [1.165, 1.54) is 18.5 Å². The molecule has 8 nitrogen and oxygen atoms in total. The first kappa shape index (κ1) is 21.4. The van der Waals surface area contributed by atoms with E-state index >= 15 is 0 Å². The molecule has 0 unspecified atom stereocenters. The van der Waals surface area contributed by atoms with E-state index in [0.717, 1.165) is 43.3 Å². The minimum Gasteiger partial charge on any atom is -0.475 e. The second kappa shape index (κ2) is 9.03. The van der Waals surface area contributed by atoms with Gasteiger partial charge in [-0.25, -0.2) is 23.8 Å². The van der Waals surface area contributed by atoms with Crippen LogP contribution in [0.15, 0.2) is 43.1 Å². The van der Waals surface area contributed by atoms with Crippen molar-refractivity contribution in [2.24, 2.45) is 0 Å². The molecule has 1 aliphatic heterocycles. The molecule has 1 aliphatic rings. The van der Waals surface area contributed by atoms with Gasteiger partial charge >= 0.3 is 12.1 Å². The van der Waals surface area contributed by atoms with E-state index in [1.807, 2.05) is 18.3 Å². The number of rotatable bonds is 4. The molecule has 3 heterocycles. The zero-order chi connectivity index (χ0) is 21.7. The molecule has 0 amide bonds. The van der Waals surface area contributed by atoms with Crippen molar-refractivity contribution in [3.8, 4) is 0 Å². The lowest BCUT2D eigenvalue weighted by Gasteiger charge is -2.28. The summed E-state index contributed by atoms with van der Waals surface area (Å²) >= 11 is 0. The summed E-state index contributed by atoms with van der Waals surface area (Å²) in [5.41, 5.74) is 2.26. The fourth-order valence-corrected chi connectivity index (χ4v) is 2.96. The Balaban J connectivity index is 0.000000318. The lowest BCUT2D eigenvalue weighted by molar-refractivity contribution is -0.192. The van der Waals surface area contributed by atoms with E-state index in [4.69, 9.17) is 9.90 Å². The van der Waals surface area contributed by atoms with Crippen molar-refractivity contribution < 1.29 is 27.5 Å². The highest BCUT2D eigenvalue weighted by Crippen LogP contribution is 2.17. The van der Waals surface area contributed by atoms with E-state index in [2.05, 4.69) is 24.5 Å². The number of aliphatic carboxylic acids is 1. The summed E-state index contributed by atoms with van der Waals surface area (Å²) < 4.78 is 48.8. The van der Waals surface area contributed by atoms with Crippen LogP contribution in [0, 0.1) is 5.82 Å². The van der Waals surface area contributed by atoms with Crippen LogP contribution >= 0.6 is 0 Å². The van der Waals surface area contributed by atoms with Crippen LogP contribution in [0.3, 0.4) is 0 Å². The fraction of sp³-hybridized carbons (Fsp3) is 0.333. The predicted octanol–water partition coefficient (Wildman–Crippen LogP) is 2.31. The maximum absolute atomic E-state index is 13.0. The molecule has 160 valence electrons. The van der Waals surface area contributed by atoms with Crippen LogP contribution in [0.1, 0.15) is 17.1 Å². The van der Waals surface area contributed by atoms with Gasteiger partial charge in [0.2, 0.25) is 0 Å². The number of hydrogen-bond acceptors (Lipinski definition) is 5. The van der Waals surface area contributed by atoms with Gasteiger partial charge in [-0.3, -0.25) is 4.90 Å². The number of carboxylic acid groups (broad SMARTS) is 1. The van der Waals surface area contributed by atoms with E-state index in [1.54, 1.807) is 11.0 Å². The lowest BCUT2D eigenvalue weighted by atomic mass is 10.2. The maximum Gasteiger partial charge on any atom is 0.490 e. The standard InChI is InChI=1S/C16H17FN6.C2HF3O2/c17-14-3-1-13(2-4-14)8-21-5-6-23-15(7-19-16(23)10-21)9-22-12-18-11-20-22;3-2(4,5)1(6)7/h1-4,7,11-12H,5-6,8-10H2;(H,6,7). The minimum absolute atomic E-state index is 0.194. The van der Waals surface area contributed by atoms with Gasteiger partial charge < -0.3 is 9.67 Å². The van der Waals surface area contributed by atoms with Crippen molar-refractivity contribution in [3.05, 3.63) is 66.0 Å². The number of carboxylic acids is 1. The molecule has 2 aromatic heterocycles. The number of halogens is 4. The summed E-state index contributed by atoms with van der Waals surface area (Å²) in [5.74, 6) is -1.89. The van der Waals surface area contributed by atoms with Crippen LogP contribution < -0.4 is 0 Å². The molecule has 12 heteroatoms. The number of aromatic nitrogens is 5. The van der Waals surface area contributed by atoms with Crippen molar-refractivity contribution in [1.29, 1.82) is 0 Å². The van der Waals surface area contributed by atoms with Gasteiger partial charge in [0.1, 0.15) is 24.3 Å². The maximum atomic E-state index is 13.0. The molecule has 0 atom stereocenters. The highest BCUT2D eigenvalue weighted by atomic mass is 19.4. The second-order valence-electron chi connectivity index (χ2n) is 6.55. The van der Waals surface area contributed by atoms with Gasteiger partial charge in [0.15, 0.2) is 0 Å². The molecular weight excluding hydrogens is 408 g/mol.